The van der Waals surface area contributed by atoms with Crippen LogP contribution in [0, 0.1) is 5.41 Å². The van der Waals surface area contributed by atoms with Gasteiger partial charge in [0.15, 0.2) is 0 Å². The molecule has 0 saturated carbocycles. The summed E-state index contributed by atoms with van der Waals surface area (Å²) in [5, 5.41) is 40.8. The smallest absolute Gasteiger partial charge is 0.300 e. The number of carboxylic acid groups (broad SMARTS) is 1. The van der Waals surface area contributed by atoms with Crippen LogP contribution in [0.3, 0.4) is 0 Å². The molecule has 0 aromatic rings. The molecule has 0 aromatic carbocycles. The van der Waals surface area contributed by atoms with Gasteiger partial charge in [0, 0.05) is 32.7 Å². The van der Waals surface area contributed by atoms with Crippen LogP contribution < -0.4 is 0 Å². The first-order valence-electron chi connectivity index (χ1n) is 12.4. The van der Waals surface area contributed by atoms with Gasteiger partial charge in [-0.3, -0.25) is 9.35 Å². The van der Waals surface area contributed by atoms with Gasteiger partial charge in [0.2, 0.25) is 0 Å². The molecular weight excluding hydrogens is 508 g/mol. The van der Waals surface area contributed by atoms with Gasteiger partial charge in [-0.25, -0.2) is 0 Å². The molecule has 0 atom stereocenters. The molecule has 232 valence electrons. The molecule has 12 heteroatoms. The SMILES string of the molecule is C=CC.CC.CC(=O)O.CCCCOCC(CC)(CO)CO.CCCCOCCO.CO.CS(=O)(=O)O. The monoisotopic (exact) mass is 568 g/mol. The third-order valence-corrected chi connectivity index (χ3v) is 3.35. The Bertz CT molecular complexity index is 455. The van der Waals surface area contributed by atoms with Crippen LogP contribution in [0.2, 0.25) is 0 Å². The molecule has 0 aliphatic carbocycles. The zero-order valence-corrected chi connectivity index (χ0v) is 25.7. The van der Waals surface area contributed by atoms with E-state index in [1.54, 1.807) is 6.08 Å². The van der Waals surface area contributed by atoms with E-state index in [1.807, 2.05) is 27.7 Å². The van der Waals surface area contributed by atoms with Crippen molar-refractivity contribution in [3.8, 4) is 0 Å². The third kappa shape index (κ3) is 95.4. The number of unbranched alkanes of at least 4 members (excludes halogenated alkanes) is 2. The molecule has 0 aliphatic rings. The van der Waals surface area contributed by atoms with Crippen LogP contribution in [0.15, 0.2) is 12.7 Å². The largest absolute Gasteiger partial charge is 0.481 e. The first-order chi connectivity index (χ1) is 17.3. The molecule has 0 bridgehead atoms. The van der Waals surface area contributed by atoms with E-state index < -0.39 is 21.5 Å². The molecular formula is C25H60O11S. The van der Waals surface area contributed by atoms with Gasteiger partial charge in [0.1, 0.15) is 0 Å². The topological polar surface area (TPSA) is 191 Å². The average molecular weight is 569 g/mol. The molecule has 11 nitrogen and oxygen atoms in total. The molecule has 0 fully saturated rings. The quantitative estimate of drug-likeness (QED) is 0.108. The van der Waals surface area contributed by atoms with Crippen molar-refractivity contribution in [2.75, 3.05) is 59.6 Å². The van der Waals surface area contributed by atoms with Gasteiger partial charge in [-0.05, 0) is 26.2 Å². The van der Waals surface area contributed by atoms with Crippen molar-refractivity contribution in [1.29, 1.82) is 0 Å². The summed E-state index contributed by atoms with van der Waals surface area (Å²) in [7, 11) is -2.67. The van der Waals surface area contributed by atoms with Gasteiger partial charge in [0.05, 0.1) is 39.3 Å². The summed E-state index contributed by atoms with van der Waals surface area (Å²) in [6.45, 7) is 19.1. The second-order valence-corrected chi connectivity index (χ2v) is 8.39. The van der Waals surface area contributed by atoms with E-state index in [4.69, 9.17) is 44.4 Å². The van der Waals surface area contributed by atoms with Gasteiger partial charge >= 0.3 is 0 Å². The van der Waals surface area contributed by atoms with Gasteiger partial charge < -0.3 is 35.0 Å². The predicted molar refractivity (Wildman–Crippen MR) is 152 cm³/mol. The van der Waals surface area contributed by atoms with Crippen molar-refractivity contribution in [3.05, 3.63) is 12.7 Å². The second-order valence-electron chi connectivity index (χ2n) is 6.93. The fraction of sp³-hybridized carbons (Fsp3) is 0.880. The maximum Gasteiger partial charge on any atom is 0.300 e. The number of carbonyl (C=O) groups is 1. The minimum atomic E-state index is -3.67. The highest BCUT2D eigenvalue weighted by atomic mass is 32.2. The molecule has 0 amide bonds. The van der Waals surface area contributed by atoms with Crippen molar-refractivity contribution in [3.63, 3.8) is 0 Å². The van der Waals surface area contributed by atoms with Crippen molar-refractivity contribution >= 4 is 16.1 Å². The molecule has 0 aliphatic heterocycles. The van der Waals surface area contributed by atoms with E-state index in [2.05, 4.69) is 20.4 Å². The lowest BCUT2D eigenvalue weighted by molar-refractivity contribution is -0.134. The van der Waals surface area contributed by atoms with E-state index >= 15 is 0 Å². The van der Waals surface area contributed by atoms with Crippen molar-refractivity contribution in [2.45, 2.75) is 80.6 Å². The molecule has 0 spiro atoms. The summed E-state index contributed by atoms with van der Waals surface area (Å²) in [4.78, 5) is 9.00. The Morgan fingerprint density at radius 2 is 1.22 bits per heavy atom. The van der Waals surface area contributed by atoms with Crippen molar-refractivity contribution in [1.82, 2.24) is 0 Å². The molecule has 0 aromatic heterocycles. The summed E-state index contributed by atoms with van der Waals surface area (Å²) in [6, 6.07) is 0. The van der Waals surface area contributed by atoms with Gasteiger partial charge in [-0.2, -0.15) is 8.42 Å². The summed E-state index contributed by atoms with van der Waals surface area (Å²) >= 11 is 0. The Morgan fingerprint density at radius 1 is 0.919 bits per heavy atom. The summed E-state index contributed by atoms with van der Waals surface area (Å²) in [5.41, 5.74) is -0.437. The number of aliphatic carboxylic acids is 1. The molecule has 0 unspecified atom stereocenters. The number of ether oxygens (including phenoxy) is 2. The Labute approximate surface area is 227 Å². The first kappa shape index (κ1) is 52.3. The first-order valence-corrected chi connectivity index (χ1v) is 14.3. The number of aliphatic hydroxyl groups is 4. The lowest BCUT2D eigenvalue weighted by Crippen LogP contribution is -2.34. The summed E-state index contributed by atoms with van der Waals surface area (Å²) < 4.78 is 36.2. The van der Waals surface area contributed by atoms with Gasteiger partial charge in [0.25, 0.3) is 16.1 Å². The highest BCUT2D eigenvalue weighted by molar-refractivity contribution is 7.85. The van der Waals surface area contributed by atoms with Crippen LogP contribution in [-0.4, -0.2) is 104 Å². The molecule has 37 heavy (non-hydrogen) atoms. The number of allylic oxidation sites excluding steroid dienone is 1. The average Bonchev–Trinajstić information content (AvgIpc) is 2.85. The number of carboxylic acids is 1. The molecule has 0 radical (unpaired) electrons. The summed E-state index contributed by atoms with van der Waals surface area (Å²) in [5.74, 6) is -0.833. The fourth-order valence-corrected chi connectivity index (χ4v) is 1.42. The molecule has 0 heterocycles. The minimum absolute atomic E-state index is 0.00781. The Balaban J connectivity index is -0.0000000644. The minimum Gasteiger partial charge on any atom is -0.481 e. The maximum absolute atomic E-state index is 9.19. The highest BCUT2D eigenvalue weighted by Crippen LogP contribution is 2.20. The predicted octanol–water partition coefficient (Wildman–Crippen LogP) is 3.40. The fourth-order valence-electron chi connectivity index (χ4n) is 1.42. The zero-order chi connectivity index (χ0) is 31.2. The summed E-state index contributed by atoms with van der Waals surface area (Å²) in [6.07, 6.45) is 7.61. The van der Waals surface area contributed by atoms with Crippen molar-refractivity contribution in [2.24, 2.45) is 5.41 Å². The normalized spacial score (nSPS) is 9.24. The van der Waals surface area contributed by atoms with Crippen LogP contribution in [0.1, 0.15) is 80.6 Å². The lowest BCUT2D eigenvalue weighted by atomic mass is 9.88. The van der Waals surface area contributed by atoms with E-state index in [1.165, 1.54) is 0 Å². The number of hydrogen-bond acceptors (Lipinski definition) is 9. The van der Waals surface area contributed by atoms with E-state index in [0.717, 1.165) is 59.4 Å². The molecule has 6 N–H and O–H groups in total. The van der Waals surface area contributed by atoms with E-state index in [0.29, 0.717) is 19.5 Å². The van der Waals surface area contributed by atoms with E-state index in [-0.39, 0.29) is 19.8 Å². The molecule has 0 rings (SSSR count). The van der Waals surface area contributed by atoms with Crippen LogP contribution >= 0.6 is 0 Å². The van der Waals surface area contributed by atoms with Crippen molar-refractivity contribution < 1.29 is 52.8 Å². The van der Waals surface area contributed by atoms with E-state index in [9.17, 15) is 8.42 Å². The van der Waals surface area contributed by atoms with Crippen LogP contribution in [0.5, 0.6) is 0 Å². The van der Waals surface area contributed by atoms with Gasteiger partial charge in [-0.15, -0.1) is 6.58 Å². The van der Waals surface area contributed by atoms with Crippen LogP contribution in [-0.2, 0) is 24.4 Å². The number of hydrogen-bond donors (Lipinski definition) is 6. The van der Waals surface area contributed by atoms with Crippen LogP contribution in [0.4, 0.5) is 0 Å². The third-order valence-electron chi connectivity index (χ3n) is 3.35. The standard InChI is InChI=1S/C10H22O3.C6H14O2.C3H6.C2H4O2.C2H6.CH4O3S.CH4O/c1-3-5-6-13-9-10(4-2,7-11)8-12;1-2-3-5-8-6-4-7;1-3-2;1-2(3)4;1-2;1-5(2,3)4;1-2/h11-12H,3-9H2,1-2H3;7H,2-6H2,1H3;3H,1H2,2H3;1H3,(H,3,4);1-2H3;1H3,(H,2,3,4);2H,1H3. The molecule has 0 saturated heterocycles. The Kier molecular flexibility index (Phi) is 67.9. The highest BCUT2D eigenvalue weighted by Gasteiger charge is 2.26. The second kappa shape index (κ2) is 48.0. The number of aliphatic hydroxyl groups excluding tert-OH is 4. The lowest BCUT2D eigenvalue weighted by Gasteiger charge is -2.27. The Hall–Kier alpha value is -1.12. The zero-order valence-electron chi connectivity index (χ0n) is 24.9. The van der Waals surface area contributed by atoms with Crippen LogP contribution in [0.25, 0.3) is 0 Å². The number of rotatable bonds is 13. The van der Waals surface area contributed by atoms with Gasteiger partial charge in [-0.1, -0.05) is 53.5 Å². The Morgan fingerprint density at radius 3 is 1.43 bits per heavy atom. The maximum atomic E-state index is 9.19.